The Bertz CT molecular complexity index is 1250. The highest BCUT2D eigenvalue weighted by atomic mass is 16.6. The van der Waals surface area contributed by atoms with E-state index in [-0.39, 0.29) is 6.04 Å². The zero-order valence-corrected chi connectivity index (χ0v) is 20.3. The van der Waals surface area contributed by atoms with E-state index in [2.05, 4.69) is 65.6 Å². The molecular weight excluding hydrogens is 442 g/mol. The molecule has 4 aromatic rings. The maximum absolute atomic E-state index is 12.9. The molecule has 1 aliphatic carbocycles. The second kappa shape index (κ2) is 8.41. The SMILES string of the molecule is OC(c1ccccc1)(c1ccccc1)C1OC(c2ccccc2)(c2ccccc2)C2C3CCC(C3)N12. The van der Waals surface area contributed by atoms with Crippen LogP contribution in [0.1, 0.15) is 41.5 Å². The van der Waals surface area contributed by atoms with Gasteiger partial charge in [-0.1, -0.05) is 121 Å². The highest BCUT2D eigenvalue weighted by Gasteiger charge is 2.68. The molecule has 2 aliphatic heterocycles. The number of ether oxygens (including phenoxy) is 1. The molecule has 2 bridgehead atoms. The molecule has 0 radical (unpaired) electrons. The minimum Gasteiger partial charge on any atom is -0.376 e. The van der Waals surface area contributed by atoms with Crippen LogP contribution in [0.25, 0.3) is 0 Å². The van der Waals surface area contributed by atoms with Crippen molar-refractivity contribution in [1.82, 2.24) is 4.90 Å². The molecule has 2 saturated heterocycles. The minimum atomic E-state index is -1.32. The van der Waals surface area contributed by atoms with E-state index in [9.17, 15) is 5.11 Å². The van der Waals surface area contributed by atoms with Gasteiger partial charge in [-0.3, -0.25) is 4.90 Å². The highest BCUT2D eigenvalue weighted by molar-refractivity contribution is 5.45. The van der Waals surface area contributed by atoms with Crippen molar-refractivity contribution in [2.75, 3.05) is 0 Å². The number of nitrogens with zero attached hydrogens (tertiary/aromatic N) is 1. The molecule has 4 aromatic carbocycles. The van der Waals surface area contributed by atoms with E-state index in [1.54, 1.807) is 0 Å². The Hall–Kier alpha value is -3.24. The first-order valence-electron chi connectivity index (χ1n) is 13.1. The molecule has 1 saturated carbocycles. The summed E-state index contributed by atoms with van der Waals surface area (Å²) in [5, 5.41) is 12.9. The third-order valence-electron chi connectivity index (χ3n) is 8.81. The predicted octanol–water partition coefficient (Wildman–Crippen LogP) is 6.08. The first-order valence-corrected chi connectivity index (χ1v) is 13.1. The van der Waals surface area contributed by atoms with Crippen LogP contribution in [0, 0.1) is 5.92 Å². The number of fused-ring (bicyclic) bond motifs is 5. The van der Waals surface area contributed by atoms with E-state index >= 15 is 0 Å². The predicted molar refractivity (Wildman–Crippen MR) is 141 cm³/mol. The lowest BCUT2D eigenvalue weighted by Crippen LogP contribution is -2.53. The van der Waals surface area contributed by atoms with Gasteiger partial charge in [0, 0.05) is 6.04 Å². The van der Waals surface area contributed by atoms with Crippen molar-refractivity contribution in [3.63, 3.8) is 0 Å². The second-order valence-corrected chi connectivity index (χ2v) is 10.6. The molecule has 2 heterocycles. The third kappa shape index (κ3) is 3.03. The number of rotatable bonds is 5. The van der Waals surface area contributed by atoms with Crippen molar-refractivity contribution >= 4 is 0 Å². The van der Waals surface area contributed by atoms with E-state index in [0.29, 0.717) is 12.0 Å². The summed E-state index contributed by atoms with van der Waals surface area (Å²) in [6, 6.07) is 42.1. The number of piperidine rings is 1. The molecule has 7 rings (SSSR count). The molecule has 36 heavy (non-hydrogen) atoms. The van der Waals surface area contributed by atoms with Crippen molar-refractivity contribution in [3.8, 4) is 0 Å². The van der Waals surface area contributed by atoms with Gasteiger partial charge in [-0.15, -0.1) is 0 Å². The van der Waals surface area contributed by atoms with E-state index < -0.39 is 17.4 Å². The molecule has 3 heteroatoms. The van der Waals surface area contributed by atoms with Gasteiger partial charge in [-0.05, 0) is 47.4 Å². The maximum atomic E-state index is 12.9. The Kier molecular flexibility index (Phi) is 5.14. The van der Waals surface area contributed by atoms with Gasteiger partial charge in [0.15, 0.2) is 11.8 Å². The number of hydrogen-bond acceptors (Lipinski definition) is 3. The van der Waals surface area contributed by atoms with E-state index in [4.69, 9.17) is 4.74 Å². The van der Waals surface area contributed by atoms with Crippen LogP contribution in [0.5, 0.6) is 0 Å². The second-order valence-electron chi connectivity index (χ2n) is 10.6. The van der Waals surface area contributed by atoms with Gasteiger partial charge in [-0.2, -0.15) is 0 Å². The lowest BCUT2D eigenvalue weighted by Gasteiger charge is -2.41. The fourth-order valence-corrected chi connectivity index (χ4v) is 7.36. The average molecular weight is 474 g/mol. The van der Waals surface area contributed by atoms with Crippen LogP contribution in [0.4, 0.5) is 0 Å². The lowest BCUT2D eigenvalue weighted by atomic mass is 9.75. The smallest absolute Gasteiger partial charge is 0.154 e. The van der Waals surface area contributed by atoms with Crippen molar-refractivity contribution in [2.45, 2.75) is 48.8 Å². The summed E-state index contributed by atoms with van der Waals surface area (Å²) >= 11 is 0. The van der Waals surface area contributed by atoms with Crippen LogP contribution < -0.4 is 0 Å². The third-order valence-corrected chi connectivity index (χ3v) is 8.81. The van der Waals surface area contributed by atoms with E-state index in [0.717, 1.165) is 35.1 Å². The van der Waals surface area contributed by atoms with Gasteiger partial charge in [0.2, 0.25) is 0 Å². The molecule has 3 aliphatic rings. The van der Waals surface area contributed by atoms with Crippen LogP contribution in [-0.4, -0.2) is 28.3 Å². The molecule has 3 fully saturated rings. The van der Waals surface area contributed by atoms with Crippen LogP contribution in [0.2, 0.25) is 0 Å². The van der Waals surface area contributed by atoms with Gasteiger partial charge < -0.3 is 9.84 Å². The van der Waals surface area contributed by atoms with E-state index in [1.807, 2.05) is 60.7 Å². The first-order chi connectivity index (χ1) is 17.7. The summed E-state index contributed by atoms with van der Waals surface area (Å²) in [7, 11) is 0. The van der Waals surface area contributed by atoms with Gasteiger partial charge in [0.05, 0.1) is 6.04 Å². The summed E-state index contributed by atoms with van der Waals surface area (Å²) < 4.78 is 7.42. The first kappa shape index (κ1) is 22.0. The van der Waals surface area contributed by atoms with Crippen molar-refractivity contribution in [1.29, 1.82) is 0 Å². The lowest BCUT2D eigenvalue weighted by molar-refractivity contribution is -0.153. The highest BCUT2D eigenvalue weighted by Crippen LogP contribution is 2.61. The zero-order chi connectivity index (χ0) is 24.2. The monoisotopic (exact) mass is 473 g/mol. The zero-order valence-electron chi connectivity index (χ0n) is 20.3. The summed E-state index contributed by atoms with van der Waals surface area (Å²) in [4.78, 5) is 2.55. The van der Waals surface area contributed by atoms with Crippen LogP contribution >= 0.6 is 0 Å². The van der Waals surface area contributed by atoms with Gasteiger partial charge in [0.25, 0.3) is 0 Å². The van der Waals surface area contributed by atoms with Crippen molar-refractivity contribution in [3.05, 3.63) is 144 Å². The topological polar surface area (TPSA) is 32.7 Å². The van der Waals surface area contributed by atoms with Crippen LogP contribution in [0.3, 0.4) is 0 Å². The largest absolute Gasteiger partial charge is 0.376 e. The normalized spacial score (nSPS) is 26.7. The molecule has 1 N–H and O–H groups in total. The van der Waals surface area contributed by atoms with Crippen LogP contribution in [-0.2, 0) is 15.9 Å². The summed E-state index contributed by atoms with van der Waals surface area (Å²) in [6.07, 6.45) is 2.99. The van der Waals surface area contributed by atoms with Gasteiger partial charge >= 0.3 is 0 Å². The Morgan fingerprint density at radius 3 is 1.64 bits per heavy atom. The Balaban J connectivity index is 1.49. The number of aliphatic hydroxyl groups is 1. The molecule has 180 valence electrons. The number of hydrogen-bond donors (Lipinski definition) is 1. The quantitative estimate of drug-likeness (QED) is 0.382. The summed E-state index contributed by atoms with van der Waals surface area (Å²) in [6.45, 7) is 0. The van der Waals surface area contributed by atoms with Gasteiger partial charge in [-0.25, -0.2) is 0 Å². The summed E-state index contributed by atoms with van der Waals surface area (Å²) in [5.41, 5.74) is 2.05. The molecular formula is C33H31NO2. The Labute approximate surface area is 213 Å². The van der Waals surface area contributed by atoms with E-state index in [1.165, 1.54) is 6.42 Å². The fourth-order valence-electron chi connectivity index (χ4n) is 7.36. The molecule has 4 atom stereocenters. The minimum absolute atomic E-state index is 0.157. The van der Waals surface area contributed by atoms with Gasteiger partial charge in [0.1, 0.15) is 5.60 Å². The Morgan fingerprint density at radius 2 is 1.14 bits per heavy atom. The van der Waals surface area contributed by atoms with Crippen molar-refractivity contribution < 1.29 is 9.84 Å². The fraction of sp³-hybridized carbons (Fsp3) is 0.273. The standard InChI is InChI=1S/C33H31NO2/c35-32(25-13-5-1-6-14-25,26-15-7-2-8-16-26)31-34-29-22-21-24(23-29)30(34)33(36-31,27-17-9-3-10-18-27)28-19-11-4-12-20-28/h1-20,24,29-31,35H,21-23H2. The average Bonchev–Trinajstić information content (AvgIpc) is 3.68. The Morgan fingerprint density at radius 1 is 0.667 bits per heavy atom. The van der Waals surface area contributed by atoms with Crippen LogP contribution in [0.15, 0.2) is 121 Å². The molecule has 3 nitrogen and oxygen atoms in total. The molecule has 4 unspecified atom stereocenters. The van der Waals surface area contributed by atoms with Crippen molar-refractivity contribution in [2.24, 2.45) is 5.92 Å². The molecule has 0 amide bonds. The maximum Gasteiger partial charge on any atom is 0.154 e. The number of benzene rings is 4. The molecule has 0 spiro atoms. The molecule has 0 aromatic heterocycles. The summed E-state index contributed by atoms with van der Waals surface area (Å²) in [5.74, 6) is 0.524.